The SMILES string of the molecule is CCC(NC1CCN(C)C(C)C1)c1ccccc1OC. The number of nitrogens with one attached hydrogen (secondary N) is 1. The van der Waals surface area contributed by atoms with Crippen molar-refractivity contribution in [1.82, 2.24) is 10.2 Å². The van der Waals surface area contributed by atoms with Crippen LogP contribution >= 0.6 is 0 Å². The third-order valence-electron chi connectivity index (χ3n) is 4.57. The Kier molecular flexibility index (Phi) is 5.44. The highest BCUT2D eigenvalue weighted by molar-refractivity contribution is 5.35. The lowest BCUT2D eigenvalue weighted by molar-refractivity contribution is 0.161. The van der Waals surface area contributed by atoms with Crippen LogP contribution in [0, 0.1) is 0 Å². The predicted molar refractivity (Wildman–Crippen MR) is 84.3 cm³/mol. The molecule has 3 unspecified atom stereocenters. The molecule has 3 heteroatoms. The van der Waals surface area contributed by atoms with Crippen LogP contribution in [0.2, 0.25) is 0 Å². The molecule has 3 nitrogen and oxygen atoms in total. The summed E-state index contributed by atoms with van der Waals surface area (Å²) in [6.45, 7) is 5.74. The van der Waals surface area contributed by atoms with Gasteiger partial charge in [-0.2, -0.15) is 0 Å². The Labute approximate surface area is 123 Å². The summed E-state index contributed by atoms with van der Waals surface area (Å²) in [5.74, 6) is 0.993. The van der Waals surface area contributed by atoms with E-state index in [0.717, 1.165) is 12.2 Å². The molecule has 3 atom stereocenters. The van der Waals surface area contributed by atoms with Crippen molar-refractivity contribution in [1.29, 1.82) is 0 Å². The first-order valence-electron chi connectivity index (χ1n) is 7.74. The van der Waals surface area contributed by atoms with Crippen LogP contribution in [0.15, 0.2) is 24.3 Å². The number of likely N-dealkylation sites (tertiary alicyclic amines) is 1. The molecule has 1 aliphatic heterocycles. The van der Waals surface area contributed by atoms with Crippen LogP contribution in [0.3, 0.4) is 0 Å². The smallest absolute Gasteiger partial charge is 0.123 e. The summed E-state index contributed by atoms with van der Waals surface area (Å²) in [7, 11) is 3.97. The Hall–Kier alpha value is -1.06. The predicted octanol–water partition coefficient (Wildman–Crippen LogP) is 3.22. The van der Waals surface area contributed by atoms with Gasteiger partial charge in [0, 0.05) is 23.7 Å². The molecule has 1 N–H and O–H groups in total. The number of methoxy groups -OCH3 is 1. The van der Waals surface area contributed by atoms with E-state index in [1.54, 1.807) is 7.11 Å². The van der Waals surface area contributed by atoms with Crippen LogP contribution in [0.4, 0.5) is 0 Å². The van der Waals surface area contributed by atoms with E-state index in [4.69, 9.17) is 4.74 Å². The highest BCUT2D eigenvalue weighted by atomic mass is 16.5. The number of hydrogen-bond acceptors (Lipinski definition) is 3. The van der Waals surface area contributed by atoms with Gasteiger partial charge in [-0.25, -0.2) is 0 Å². The number of hydrogen-bond donors (Lipinski definition) is 1. The minimum Gasteiger partial charge on any atom is -0.496 e. The maximum atomic E-state index is 5.51. The number of para-hydroxylation sites is 1. The highest BCUT2D eigenvalue weighted by Crippen LogP contribution is 2.28. The van der Waals surface area contributed by atoms with E-state index in [1.807, 2.05) is 6.07 Å². The molecule has 0 aliphatic carbocycles. The molecule has 2 rings (SSSR count). The van der Waals surface area contributed by atoms with E-state index >= 15 is 0 Å². The van der Waals surface area contributed by atoms with Gasteiger partial charge >= 0.3 is 0 Å². The van der Waals surface area contributed by atoms with Gasteiger partial charge in [-0.3, -0.25) is 0 Å². The largest absolute Gasteiger partial charge is 0.496 e. The first kappa shape index (κ1) is 15.3. The molecular formula is C17H28N2O. The Bertz CT molecular complexity index is 421. The zero-order valence-electron chi connectivity index (χ0n) is 13.2. The zero-order chi connectivity index (χ0) is 14.5. The molecule has 1 saturated heterocycles. The molecule has 1 aliphatic rings. The van der Waals surface area contributed by atoms with Gasteiger partial charge in [-0.1, -0.05) is 25.1 Å². The molecular weight excluding hydrogens is 248 g/mol. The monoisotopic (exact) mass is 276 g/mol. The summed E-state index contributed by atoms with van der Waals surface area (Å²) >= 11 is 0. The third kappa shape index (κ3) is 3.53. The van der Waals surface area contributed by atoms with Crippen molar-refractivity contribution < 1.29 is 4.74 Å². The minimum atomic E-state index is 0.381. The second-order valence-electron chi connectivity index (χ2n) is 5.92. The second-order valence-corrected chi connectivity index (χ2v) is 5.92. The number of benzene rings is 1. The number of nitrogens with zero attached hydrogens (tertiary/aromatic N) is 1. The maximum Gasteiger partial charge on any atom is 0.123 e. The minimum absolute atomic E-state index is 0.381. The molecule has 0 bridgehead atoms. The van der Waals surface area contributed by atoms with Crippen molar-refractivity contribution in [3.63, 3.8) is 0 Å². The van der Waals surface area contributed by atoms with Gasteiger partial charge in [0.05, 0.1) is 7.11 Å². The average Bonchev–Trinajstić information content (AvgIpc) is 2.48. The van der Waals surface area contributed by atoms with Crippen LogP contribution in [0.5, 0.6) is 5.75 Å². The van der Waals surface area contributed by atoms with Gasteiger partial charge in [-0.05, 0) is 45.8 Å². The van der Waals surface area contributed by atoms with Crippen molar-refractivity contribution in [2.24, 2.45) is 0 Å². The summed E-state index contributed by atoms with van der Waals surface area (Å²) in [5, 5.41) is 3.84. The highest BCUT2D eigenvalue weighted by Gasteiger charge is 2.25. The van der Waals surface area contributed by atoms with Gasteiger partial charge in [0.1, 0.15) is 5.75 Å². The number of piperidine rings is 1. The molecule has 0 radical (unpaired) electrons. The van der Waals surface area contributed by atoms with Crippen LogP contribution in [-0.2, 0) is 0 Å². The second kappa shape index (κ2) is 7.09. The third-order valence-corrected chi connectivity index (χ3v) is 4.57. The molecule has 1 aromatic rings. The van der Waals surface area contributed by atoms with E-state index in [9.17, 15) is 0 Å². The van der Waals surface area contributed by atoms with Gasteiger partial charge < -0.3 is 15.0 Å². The van der Waals surface area contributed by atoms with E-state index in [2.05, 4.69) is 49.3 Å². The number of ether oxygens (including phenoxy) is 1. The lowest BCUT2D eigenvalue weighted by Gasteiger charge is -2.37. The van der Waals surface area contributed by atoms with E-state index < -0.39 is 0 Å². The van der Waals surface area contributed by atoms with Crippen LogP contribution < -0.4 is 10.1 Å². The van der Waals surface area contributed by atoms with E-state index in [0.29, 0.717) is 18.1 Å². The summed E-state index contributed by atoms with van der Waals surface area (Å²) in [4.78, 5) is 2.45. The summed E-state index contributed by atoms with van der Waals surface area (Å²) in [6, 6.07) is 10.0. The van der Waals surface area contributed by atoms with Crippen molar-refractivity contribution in [3.8, 4) is 5.75 Å². The van der Waals surface area contributed by atoms with Crippen molar-refractivity contribution >= 4 is 0 Å². The van der Waals surface area contributed by atoms with Crippen molar-refractivity contribution in [2.45, 2.75) is 51.2 Å². The standard InChI is InChI=1S/C17H28N2O/c1-5-16(15-8-6-7-9-17(15)20-4)18-14-10-11-19(3)13(2)12-14/h6-9,13-14,16,18H,5,10-12H2,1-4H3. The Morgan fingerprint density at radius 1 is 1.40 bits per heavy atom. The summed E-state index contributed by atoms with van der Waals surface area (Å²) in [6.07, 6.45) is 3.54. The Balaban J connectivity index is 2.05. The van der Waals surface area contributed by atoms with Gasteiger partial charge in [-0.15, -0.1) is 0 Å². The van der Waals surface area contributed by atoms with E-state index in [-0.39, 0.29) is 0 Å². The molecule has 1 fully saturated rings. The van der Waals surface area contributed by atoms with Crippen molar-refractivity contribution in [2.75, 3.05) is 20.7 Å². The maximum absolute atomic E-state index is 5.51. The number of rotatable bonds is 5. The first-order valence-corrected chi connectivity index (χ1v) is 7.74. The van der Waals surface area contributed by atoms with Crippen molar-refractivity contribution in [3.05, 3.63) is 29.8 Å². The quantitative estimate of drug-likeness (QED) is 0.893. The summed E-state index contributed by atoms with van der Waals surface area (Å²) < 4.78 is 5.51. The molecule has 1 aromatic carbocycles. The molecule has 1 heterocycles. The lowest BCUT2D eigenvalue weighted by atomic mass is 9.95. The molecule has 20 heavy (non-hydrogen) atoms. The van der Waals surface area contributed by atoms with Crippen LogP contribution in [-0.4, -0.2) is 37.7 Å². The molecule has 112 valence electrons. The Morgan fingerprint density at radius 3 is 2.80 bits per heavy atom. The molecule has 0 saturated carbocycles. The van der Waals surface area contributed by atoms with Crippen LogP contribution in [0.25, 0.3) is 0 Å². The summed E-state index contributed by atoms with van der Waals surface area (Å²) in [5.41, 5.74) is 1.28. The van der Waals surface area contributed by atoms with Gasteiger partial charge in [0.15, 0.2) is 0 Å². The van der Waals surface area contributed by atoms with Crippen LogP contribution in [0.1, 0.15) is 44.7 Å². The molecule has 0 spiro atoms. The molecule has 0 aromatic heterocycles. The van der Waals surface area contributed by atoms with E-state index in [1.165, 1.54) is 24.9 Å². The fourth-order valence-corrected chi connectivity index (χ4v) is 3.11. The van der Waals surface area contributed by atoms with Gasteiger partial charge in [0.25, 0.3) is 0 Å². The fraction of sp³-hybridized carbons (Fsp3) is 0.647. The lowest BCUT2D eigenvalue weighted by Crippen LogP contribution is -2.46. The fourth-order valence-electron chi connectivity index (χ4n) is 3.11. The topological polar surface area (TPSA) is 24.5 Å². The average molecular weight is 276 g/mol. The normalized spacial score (nSPS) is 25.4. The Morgan fingerprint density at radius 2 is 2.15 bits per heavy atom. The van der Waals surface area contributed by atoms with Gasteiger partial charge in [0.2, 0.25) is 0 Å². The first-order chi connectivity index (χ1) is 9.65. The zero-order valence-corrected chi connectivity index (χ0v) is 13.2. The molecule has 0 amide bonds.